The maximum Gasteiger partial charge on any atom is 0.416 e. The van der Waals surface area contributed by atoms with E-state index in [1.165, 1.54) is 36.4 Å². The predicted molar refractivity (Wildman–Crippen MR) is 106 cm³/mol. The second-order valence-corrected chi connectivity index (χ2v) is 7.08. The summed E-state index contributed by atoms with van der Waals surface area (Å²) in [4.78, 5) is 16.3. The maximum atomic E-state index is 12.9. The van der Waals surface area contributed by atoms with Crippen molar-refractivity contribution >= 4 is 41.1 Å². The first-order chi connectivity index (χ1) is 14.2. The van der Waals surface area contributed by atoms with Gasteiger partial charge in [-0.05, 0) is 42.5 Å². The quantitative estimate of drug-likeness (QED) is 0.332. The highest BCUT2D eigenvalue weighted by Gasteiger charge is 2.31. The summed E-state index contributed by atoms with van der Waals surface area (Å²) >= 11 is 12.0. The summed E-state index contributed by atoms with van der Waals surface area (Å²) in [7, 11) is 0. The van der Waals surface area contributed by atoms with Gasteiger partial charge < -0.3 is 9.15 Å². The second kappa shape index (κ2) is 7.66. The molecule has 0 unspecified atom stereocenters. The highest BCUT2D eigenvalue weighted by molar-refractivity contribution is 6.36. The molecule has 3 aromatic rings. The molecule has 0 bridgehead atoms. The molecule has 152 valence electrons. The first kappa shape index (κ1) is 20.3. The molecule has 0 spiro atoms. The molecule has 0 amide bonds. The normalized spacial score (nSPS) is 15.4. The minimum Gasteiger partial charge on any atom is -0.457 e. The van der Waals surface area contributed by atoms with Crippen molar-refractivity contribution in [1.82, 2.24) is 0 Å². The van der Waals surface area contributed by atoms with E-state index >= 15 is 0 Å². The van der Waals surface area contributed by atoms with Gasteiger partial charge in [0.05, 0.1) is 16.1 Å². The van der Waals surface area contributed by atoms with Crippen molar-refractivity contribution in [3.05, 3.63) is 87.2 Å². The van der Waals surface area contributed by atoms with E-state index in [1.54, 1.807) is 12.1 Å². The van der Waals surface area contributed by atoms with Gasteiger partial charge in [0, 0.05) is 16.7 Å². The fraction of sp³-hybridized carbons (Fsp3) is 0.0476. The summed E-state index contributed by atoms with van der Waals surface area (Å²) < 4.78 is 49.4. The van der Waals surface area contributed by atoms with Crippen molar-refractivity contribution < 1.29 is 27.1 Å². The molecule has 1 aromatic heterocycles. The van der Waals surface area contributed by atoms with E-state index in [2.05, 4.69) is 4.99 Å². The molecular formula is C21H10Cl2F3NO3. The van der Waals surface area contributed by atoms with Crippen LogP contribution in [0.1, 0.15) is 16.9 Å². The van der Waals surface area contributed by atoms with Gasteiger partial charge in [-0.3, -0.25) is 0 Å². The molecular weight excluding hydrogens is 442 g/mol. The summed E-state index contributed by atoms with van der Waals surface area (Å²) in [6.07, 6.45) is -3.14. The molecule has 0 radical (unpaired) electrons. The van der Waals surface area contributed by atoms with Crippen LogP contribution in [0, 0.1) is 0 Å². The topological polar surface area (TPSA) is 51.8 Å². The lowest BCUT2D eigenvalue weighted by Gasteiger charge is -2.07. The van der Waals surface area contributed by atoms with Crippen molar-refractivity contribution in [2.24, 2.45) is 4.99 Å². The number of hydrogen-bond acceptors (Lipinski definition) is 4. The van der Waals surface area contributed by atoms with Gasteiger partial charge in [0.15, 0.2) is 5.70 Å². The van der Waals surface area contributed by atoms with Gasteiger partial charge in [-0.25, -0.2) is 9.79 Å². The van der Waals surface area contributed by atoms with E-state index in [0.717, 1.165) is 12.1 Å². The molecule has 4 rings (SSSR count). The largest absolute Gasteiger partial charge is 0.457 e. The molecule has 0 aliphatic carbocycles. The smallest absolute Gasteiger partial charge is 0.416 e. The summed E-state index contributed by atoms with van der Waals surface area (Å²) in [6.45, 7) is 0. The maximum absolute atomic E-state index is 12.9. The zero-order valence-corrected chi connectivity index (χ0v) is 16.3. The lowest BCUT2D eigenvalue weighted by molar-refractivity contribution is -0.137. The zero-order valence-electron chi connectivity index (χ0n) is 14.8. The van der Waals surface area contributed by atoms with Gasteiger partial charge in [0.1, 0.15) is 11.5 Å². The molecule has 4 nitrogen and oxygen atoms in total. The van der Waals surface area contributed by atoms with Crippen molar-refractivity contribution in [2.45, 2.75) is 6.18 Å². The average molecular weight is 452 g/mol. The highest BCUT2D eigenvalue weighted by Crippen LogP contribution is 2.33. The number of nitrogens with zero attached hydrogens (tertiary/aromatic N) is 1. The van der Waals surface area contributed by atoms with Crippen molar-refractivity contribution in [3.8, 4) is 11.3 Å². The van der Waals surface area contributed by atoms with Crippen LogP contribution in [0.5, 0.6) is 0 Å². The molecule has 1 aliphatic rings. The summed E-state index contributed by atoms with van der Waals surface area (Å²) in [5, 5.41) is 0.694. The molecule has 2 aromatic carbocycles. The van der Waals surface area contributed by atoms with E-state index in [0.29, 0.717) is 15.6 Å². The standard InChI is InChI=1S/C21H10Cl2F3NO3/c22-13-4-6-16(23)15(9-13)19-27-17(20(28)30-19)10-14-5-7-18(29-14)11-2-1-3-12(8-11)21(24,25)26/h1-10H. The minimum atomic E-state index is -4.46. The van der Waals surface area contributed by atoms with Gasteiger partial charge in [-0.2, -0.15) is 13.2 Å². The molecule has 0 saturated carbocycles. The molecule has 0 atom stereocenters. The van der Waals surface area contributed by atoms with Crippen molar-refractivity contribution in [1.29, 1.82) is 0 Å². The number of halogens is 5. The van der Waals surface area contributed by atoms with Gasteiger partial charge >= 0.3 is 12.1 Å². The fourth-order valence-electron chi connectivity index (χ4n) is 2.75. The number of ether oxygens (including phenoxy) is 1. The fourth-order valence-corrected chi connectivity index (χ4v) is 3.13. The van der Waals surface area contributed by atoms with Gasteiger partial charge in [0.25, 0.3) is 0 Å². The summed E-state index contributed by atoms with van der Waals surface area (Å²) in [5.74, 6) is -0.306. The molecule has 2 heterocycles. The van der Waals surface area contributed by atoms with Crippen LogP contribution < -0.4 is 0 Å². The van der Waals surface area contributed by atoms with Crippen LogP contribution in [-0.4, -0.2) is 11.9 Å². The molecule has 30 heavy (non-hydrogen) atoms. The van der Waals surface area contributed by atoms with E-state index in [1.807, 2.05) is 0 Å². The van der Waals surface area contributed by atoms with Gasteiger partial charge in [-0.15, -0.1) is 0 Å². The number of esters is 1. The number of benzene rings is 2. The second-order valence-electron chi connectivity index (χ2n) is 6.24. The predicted octanol–water partition coefficient (Wildman–Crippen LogP) is 6.62. The molecule has 0 saturated heterocycles. The molecule has 0 fully saturated rings. The molecule has 1 aliphatic heterocycles. The Hall–Kier alpha value is -3.03. The Morgan fingerprint density at radius 2 is 1.80 bits per heavy atom. The number of rotatable bonds is 3. The summed E-state index contributed by atoms with van der Waals surface area (Å²) in [6, 6.07) is 12.4. The zero-order chi connectivity index (χ0) is 21.5. The SMILES string of the molecule is O=C1OC(c2cc(Cl)ccc2Cl)=NC1=Cc1ccc(-c2cccc(C(F)(F)F)c2)o1. The first-order valence-electron chi connectivity index (χ1n) is 8.46. The third-order valence-electron chi connectivity index (χ3n) is 4.16. The Morgan fingerprint density at radius 3 is 2.57 bits per heavy atom. The van der Waals surface area contributed by atoms with Crippen LogP contribution >= 0.6 is 23.2 Å². The van der Waals surface area contributed by atoms with E-state index < -0.39 is 17.7 Å². The number of carbonyl (C=O) groups is 1. The third kappa shape index (κ3) is 4.13. The third-order valence-corrected chi connectivity index (χ3v) is 4.72. The monoisotopic (exact) mass is 451 g/mol. The lowest BCUT2D eigenvalue weighted by atomic mass is 10.1. The van der Waals surface area contributed by atoms with E-state index in [-0.39, 0.29) is 28.7 Å². The van der Waals surface area contributed by atoms with Gasteiger partial charge in [-0.1, -0.05) is 35.3 Å². The van der Waals surface area contributed by atoms with Crippen LogP contribution in [0.3, 0.4) is 0 Å². The van der Waals surface area contributed by atoms with Crippen molar-refractivity contribution in [2.75, 3.05) is 0 Å². The van der Waals surface area contributed by atoms with E-state index in [4.69, 9.17) is 32.4 Å². The minimum absolute atomic E-state index is 0.0107. The van der Waals surface area contributed by atoms with Crippen LogP contribution in [0.25, 0.3) is 17.4 Å². The van der Waals surface area contributed by atoms with Crippen molar-refractivity contribution in [3.63, 3.8) is 0 Å². The summed E-state index contributed by atoms with van der Waals surface area (Å²) in [5.41, 5.74) is -0.238. The Bertz CT molecular complexity index is 1210. The molecule has 9 heteroatoms. The number of alkyl halides is 3. The Kier molecular flexibility index (Phi) is 5.17. The number of aliphatic imine (C=N–C) groups is 1. The van der Waals surface area contributed by atoms with E-state index in [9.17, 15) is 18.0 Å². The lowest BCUT2D eigenvalue weighted by Crippen LogP contribution is -2.06. The number of cyclic esters (lactones) is 1. The van der Waals surface area contributed by atoms with Crippen LogP contribution in [0.2, 0.25) is 10.0 Å². The van der Waals surface area contributed by atoms with Crippen LogP contribution in [0.15, 0.2) is 69.7 Å². The number of carbonyl (C=O) groups excluding carboxylic acids is 1. The first-order valence-corrected chi connectivity index (χ1v) is 9.22. The van der Waals surface area contributed by atoms with Crippen LogP contribution in [-0.2, 0) is 15.7 Å². The van der Waals surface area contributed by atoms with Crippen LogP contribution in [0.4, 0.5) is 13.2 Å². The average Bonchev–Trinajstić information content (AvgIpc) is 3.30. The number of hydrogen-bond donors (Lipinski definition) is 0. The Morgan fingerprint density at radius 1 is 1.00 bits per heavy atom. The Balaban J connectivity index is 1.64. The Labute approximate surface area is 178 Å². The number of furan rings is 1. The highest BCUT2D eigenvalue weighted by atomic mass is 35.5. The van der Waals surface area contributed by atoms with Gasteiger partial charge in [0.2, 0.25) is 5.90 Å². The molecule has 0 N–H and O–H groups in total.